The summed E-state index contributed by atoms with van der Waals surface area (Å²) < 4.78 is 14.9. The zero-order chi connectivity index (χ0) is 17.4. The molecule has 0 saturated carbocycles. The van der Waals surface area contributed by atoms with Gasteiger partial charge in [-0.2, -0.15) is 0 Å². The first-order valence-corrected chi connectivity index (χ1v) is 8.57. The Bertz CT molecular complexity index is 870. The third kappa shape index (κ3) is 2.82. The molecule has 1 aliphatic rings. The molecule has 7 heteroatoms. The van der Waals surface area contributed by atoms with Crippen LogP contribution < -0.4 is 16.0 Å². The maximum absolute atomic E-state index is 12.7. The molecule has 0 amide bonds. The SMILES string of the molecule is CCOC1CC(c2ccc(Br)cc2)c2c(n(C)c(=O)n(C)c2=O)O1. The molecule has 1 aromatic heterocycles. The average molecular weight is 395 g/mol. The van der Waals surface area contributed by atoms with Gasteiger partial charge in [0.2, 0.25) is 12.2 Å². The number of hydrogen-bond acceptors (Lipinski definition) is 4. The first-order valence-electron chi connectivity index (χ1n) is 7.77. The molecule has 128 valence electrons. The van der Waals surface area contributed by atoms with Crippen LogP contribution in [0.25, 0.3) is 0 Å². The molecule has 2 unspecified atom stereocenters. The topological polar surface area (TPSA) is 62.5 Å². The van der Waals surface area contributed by atoms with E-state index < -0.39 is 12.0 Å². The number of ether oxygens (including phenoxy) is 2. The number of hydrogen-bond donors (Lipinski definition) is 0. The molecule has 2 atom stereocenters. The van der Waals surface area contributed by atoms with Gasteiger partial charge < -0.3 is 9.47 Å². The zero-order valence-corrected chi connectivity index (χ0v) is 15.4. The molecule has 2 heterocycles. The van der Waals surface area contributed by atoms with Gasteiger partial charge in [0.15, 0.2) is 0 Å². The van der Waals surface area contributed by atoms with Crippen molar-refractivity contribution in [2.75, 3.05) is 6.61 Å². The number of rotatable bonds is 3. The Labute approximate surface area is 147 Å². The predicted molar refractivity (Wildman–Crippen MR) is 93.6 cm³/mol. The minimum absolute atomic E-state index is 0.191. The fourth-order valence-corrected chi connectivity index (χ4v) is 3.33. The van der Waals surface area contributed by atoms with Crippen LogP contribution in [-0.2, 0) is 18.8 Å². The second-order valence-corrected chi connectivity index (χ2v) is 6.68. The second-order valence-electron chi connectivity index (χ2n) is 5.77. The Balaban J connectivity index is 2.22. The Morgan fingerprint density at radius 1 is 1.21 bits per heavy atom. The fraction of sp³-hybridized carbons (Fsp3) is 0.412. The predicted octanol–water partition coefficient (Wildman–Crippen LogP) is 2.12. The molecule has 2 aromatic rings. The normalized spacial score (nSPS) is 19.7. The van der Waals surface area contributed by atoms with Crippen molar-refractivity contribution < 1.29 is 9.47 Å². The van der Waals surface area contributed by atoms with Gasteiger partial charge in [0.25, 0.3) is 5.56 Å². The summed E-state index contributed by atoms with van der Waals surface area (Å²) in [5, 5.41) is 0. The number of fused-ring (bicyclic) bond motifs is 1. The molecule has 0 bridgehead atoms. The summed E-state index contributed by atoms with van der Waals surface area (Å²) >= 11 is 3.42. The first-order chi connectivity index (χ1) is 11.4. The molecular formula is C17H19BrN2O4. The third-order valence-corrected chi connectivity index (χ3v) is 4.82. The summed E-state index contributed by atoms with van der Waals surface area (Å²) in [6, 6.07) is 7.81. The molecule has 1 aromatic carbocycles. The quantitative estimate of drug-likeness (QED) is 0.799. The Hall–Kier alpha value is -1.86. The van der Waals surface area contributed by atoms with E-state index in [2.05, 4.69) is 15.9 Å². The minimum atomic E-state index is -0.492. The van der Waals surface area contributed by atoms with E-state index in [-0.39, 0.29) is 11.5 Å². The van der Waals surface area contributed by atoms with Crippen LogP contribution in [0.3, 0.4) is 0 Å². The van der Waals surface area contributed by atoms with E-state index in [1.54, 1.807) is 7.05 Å². The van der Waals surface area contributed by atoms with Crippen LogP contribution in [0.4, 0.5) is 0 Å². The summed E-state index contributed by atoms with van der Waals surface area (Å²) in [6.45, 7) is 2.38. The molecule has 0 spiro atoms. The highest BCUT2D eigenvalue weighted by Crippen LogP contribution is 2.38. The van der Waals surface area contributed by atoms with E-state index >= 15 is 0 Å². The van der Waals surface area contributed by atoms with Crippen molar-refractivity contribution in [2.24, 2.45) is 14.1 Å². The average Bonchev–Trinajstić information content (AvgIpc) is 2.58. The van der Waals surface area contributed by atoms with Gasteiger partial charge in [0.1, 0.15) is 0 Å². The van der Waals surface area contributed by atoms with Crippen LogP contribution in [0.1, 0.15) is 30.4 Å². The minimum Gasteiger partial charge on any atom is -0.449 e. The molecule has 0 radical (unpaired) electrons. The number of aromatic nitrogens is 2. The lowest BCUT2D eigenvalue weighted by Crippen LogP contribution is -2.44. The lowest BCUT2D eigenvalue weighted by Gasteiger charge is -2.32. The van der Waals surface area contributed by atoms with Crippen molar-refractivity contribution in [1.29, 1.82) is 0 Å². The maximum atomic E-state index is 12.7. The standard InChI is InChI=1S/C17H19BrN2O4/c1-4-23-13-9-12(10-5-7-11(18)8-6-10)14-15(21)19(2)17(22)20(3)16(14)24-13/h5-8,12-13H,4,9H2,1-3H3. The highest BCUT2D eigenvalue weighted by molar-refractivity contribution is 9.10. The molecule has 0 fully saturated rings. The number of halogens is 1. The Morgan fingerprint density at radius 2 is 1.88 bits per heavy atom. The van der Waals surface area contributed by atoms with E-state index in [1.807, 2.05) is 31.2 Å². The van der Waals surface area contributed by atoms with Crippen LogP contribution in [0, 0.1) is 0 Å². The van der Waals surface area contributed by atoms with Crippen molar-refractivity contribution >= 4 is 15.9 Å². The zero-order valence-electron chi connectivity index (χ0n) is 13.8. The molecule has 0 saturated heterocycles. The van der Waals surface area contributed by atoms with Crippen molar-refractivity contribution in [3.8, 4) is 5.88 Å². The fourth-order valence-electron chi connectivity index (χ4n) is 3.06. The lowest BCUT2D eigenvalue weighted by molar-refractivity contribution is -0.0943. The largest absolute Gasteiger partial charge is 0.449 e. The van der Waals surface area contributed by atoms with E-state index in [9.17, 15) is 9.59 Å². The van der Waals surface area contributed by atoms with Gasteiger partial charge in [0.05, 0.1) is 5.56 Å². The third-order valence-electron chi connectivity index (χ3n) is 4.29. The van der Waals surface area contributed by atoms with Gasteiger partial charge in [-0.05, 0) is 24.6 Å². The van der Waals surface area contributed by atoms with Crippen LogP contribution in [0.2, 0.25) is 0 Å². The van der Waals surface area contributed by atoms with Crippen molar-refractivity contribution in [3.63, 3.8) is 0 Å². The Morgan fingerprint density at radius 3 is 2.50 bits per heavy atom. The molecule has 3 rings (SSSR count). The second kappa shape index (κ2) is 6.57. The number of benzene rings is 1. The van der Waals surface area contributed by atoms with Gasteiger partial charge >= 0.3 is 5.69 Å². The van der Waals surface area contributed by atoms with Gasteiger partial charge in [-0.25, -0.2) is 4.79 Å². The molecule has 1 aliphatic heterocycles. The molecule has 24 heavy (non-hydrogen) atoms. The lowest BCUT2D eigenvalue weighted by atomic mass is 9.88. The van der Waals surface area contributed by atoms with Gasteiger partial charge in [-0.15, -0.1) is 0 Å². The van der Waals surface area contributed by atoms with E-state index in [0.717, 1.165) is 14.6 Å². The summed E-state index contributed by atoms with van der Waals surface area (Å²) in [7, 11) is 3.09. The van der Waals surface area contributed by atoms with Crippen LogP contribution in [-0.4, -0.2) is 22.0 Å². The van der Waals surface area contributed by atoms with Gasteiger partial charge in [-0.3, -0.25) is 13.9 Å². The summed E-state index contributed by atoms with van der Waals surface area (Å²) in [6.07, 6.45) is 0.0319. The monoisotopic (exact) mass is 394 g/mol. The van der Waals surface area contributed by atoms with Crippen molar-refractivity contribution in [2.45, 2.75) is 25.6 Å². The smallest absolute Gasteiger partial charge is 0.333 e. The summed E-state index contributed by atoms with van der Waals surface area (Å²) in [5.74, 6) is 0.101. The van der Waals surface area contributed by atoms with Crippen LogP contribution in [0.15, 0.2) is 38.3 Å². The van der Waals surface area contributed by atoms with Crippen LogP contribution in [0.5, 0.6) is 5.88 Å². The maximum Gasteiger partial charge on any atom is 0.333 e. The summed E-state index contributed by atoms with van der Waals surface area (Å²) in [5.41, 5.74) is 0.752. The van der Waals surface area contributed by atoms with E-state index in [4.69, 9.17) is 9.47 Å². The molecular weight excluding hydrogens is 376 g/mol. The van der Waals surface area contributed by atoms with E-state index in [0.29, 0.717) is 24.5 Å². The Kier molecular flexibility index (Phi) is 4.64. The summed E-state index contributed by atoms with van der Waals surface area (Å²) in [4.78, 5) is 24.9. The highest BCUT2D eigenvalue weighted by atomic mass is 79.9. The molecule has 0 aliphatic carbocycles. The highest BCUT2D eigenvalue weighted by Gasteiger charge is 2.35. The van der Waals surface area contributed by atoms with Gasteiger partial charge in [-0.1, -0.05) is 28.1 Å². The molecule has 6 nitrogen and oxygen atoms in total. The molecule has 0 N–H and O–H groups in total. The van der Waals surface area contributed by atoms with Gasteiger partial charge in [0, 0.05) is 37.5 Å². The van der Waals surface area contributed by atoms with E-state index in [1.165, 1.54) is 11.6 Å². The first kappa shape index (κ1) is 17.0. The number of nitrogens with zero attached hydrogens (tertiary/aromatic N) is 2. The van der Waals surface area contributed by atoms with Crippen molar-refractivity contribution in [3.05, 3.63) is 60.7 Å². The van der Waals surface area contributed by atoms with Crippen molar-refractivity contribution in [1.82, 2.24) is 9.13 Å². The van der Waals surface area contributed by atoms with Crippen LogP contribution >= 0.6 is 15.9 Å².